The highest BCUT2D eigenvalue weighted by Gasteiger charge is 2.57. The Morgan fingerprint density at radius 1 is 0.980 bits per heavy atom. The number of aryl methyl sites for hydroxylation is 1. The van der Waals surface area contributed by atoms with Gasteiger partial charge >= 0.3 is 12.1 Å². The van der Waals surface area contributed by atoms with Crippen molar-refractivity contribution >= 4 is 23.4 Å². The first-order chi connectivity index (χ1) is 24.4. The van der Waals surface area contributed by atoms with Crippen molar-refractivity contribution in [2.24, 2.45) is 5.92 Å². The Morgan fingerprint density at radius 2 is 1.71 bits per heavy atom. The largest absolute Gasteiger partial charge is 0.497 e. The number of esters is 1. The van der Waals surface area contributed by atoms with Gasteiger partial charge in [0.1, 0.15) is 17.4 Å². The van der Waals surface area contributed by atoms with Crippen molar-refractivity contribution in [3.8, 4) is 5.75 Å². The van der Waals surface area contributed by atoms with Crippen LogP contribution in [0.1, 0.15) is 53.6 Å². The predicted octanol–water partition coefficient (Wildman–Crippen LogP) is 5.55. The molecular weight excluding hydrogens is 670 g/mol. The second-order valence-corrected chi connectivity index (χ2v) is 13.6. The van der Waals surface area contributed by atoms with Gasteiger partial charge in [0.15, 0.2) is 0 Å². The first kappa shape index (κ1) is 36.3. The highest BCUT2D eigenvalue weighted by atomic mass is 19.4. The number of methoxy groups -OCH3 is 3. The van der Waals surface area contributed by atoms with Crippen LogP contribution in [0.5, 0.6) is 5.75 Å². The van der Waals surface area contributed by atoms with Crippen molar-refractivity contribution in [3.05, 3.63) is 77.2 Å². The number of benzene rings is 2. The predicted molar refractivity (Wildman–Crippen MR) is 182 cm³/mol. The number of halogens is 4. The molecule has 1 amide bonds. The minimum atomic E-state index is -4.57. The Morgan fingerprint density at radius 3 is 2.33 bits per heavy atom. The summed E-state index contributed by atoms with van der Waals surface area (Å²) in [6, 6.07) is 11.8. The van der Waals surface area contributed by atoms with Crippen molar-refractivity contribution < 1.29 is 41.4 Å². The lowest BCUT2D eigenvalue weighted by Crippen LogP contribution is -2.53. The van der Waals surface area contributed by atoms with Gasteiger partial charge in [-0.25, -0.2) is 14.4 Å². The zero-order valence-electron chi connectivity index (χ0n) is 29.2. The number of ether oxygens (including phenoxy) is 3. The molecule has 274 valence electrons. The van der Waals surface area contributed by atoms with Crippen LogP contribution in [0.4, 0.5) is 29.1 Å². The number of anilines is 2. The van der Waals surface area contributed by atoms with E-state index in [1.54, 1.807) is 55.5 Å². The Kier molecular flexibility index (Phi) is 10.4. The molecule has 0 N–H and O–H groups in total. The number of carbonyl (C=O) groups excluding carboxylic acids is 2. The van der Waals surface area contributed by atoms with Gasteiger partial charge in [0.05, 0.1) is 44.9 Å². The first-order valence-electron chi connectivity index (χ1n) is 17.1. The molecule has 0 saturated carbocycles. The number of hydrogen-bond acceptors (Lipinski definition) is 9. The third kappa shape index (κ3) is 7.33. The summed E-state index contributed by atoms with van der Waals surface area (Å²) in [5, 5.41) is 0. The van der Waals surface area contributed by atoms with Gasteiger partial charge in [-0.2, -0.15) is 13.2 Å². The van der Waals surface area contributed by atoms with Crippen molar-refractivity contribution in [2.75, 3.05) is 70.5 Å². The summed E-state index contributed by atoms with van der Waals surface area (Å²) in [5.74, 6) is -0.996. The summed E-state index contributed by atoms with van der Waals surface area (Å²) in [6.07, 6.45) is -1.73. The van der Waals surface area contributed by atoms with Crippen molar-refractivity contribution in [3.63, 3.8) is 0 Å². The molecule has 51 heavy (non-hydrogen) atoms. The van der Waals surface area contributed by atoms with Gasteiger partial charge in [-0.05, 0) is 67.6 Å². The summed E-state index contributed by atoms with van der Waals surface area (Å²) < 4.78 is 75.5. The quantitative estimate of drug-likeness (QED) is 0.209. The summed E-state index contributed by atoms with van der Waals surface area (Å²) >= 11 is 0. The van der Waals surface area contributed by atoms with Crippen LogP contribution in [0.2, 0.25) is 0 Å². The maximum Gasteiger partial charge on any atom is 0.416 e. The first-order valence-corrected chi connectivity index (χ1v) is 17.1. The minimum absolute atomic E-state index is 0.0947. The van der Waals surface area contributed by atoms with E-state index >= 15 is 4.39 Å². The molecule has 1 aromatic heterocycles. The van der Waals surface area contributed by atoms with Gasteiger partial charge in [0, 0.05) is 57.0 Å². The van der Waals surface area contributed by atoms with Crippen LogP contribution < -0.4 is 14.5 Å². The molecule has 0 spiro atoms. The summed E-state index contributed by atoms with van der Waals surface area (Å²) in [7, 11) is 4.37. The van der Waals surface area contributed by atoms with Crippen LogP contribution in [-0.2, 0) is 25.2 Å². The lowest BCUT2D eigenvalue weighted by Gasteiger charge is -2.35. The van der Waals surface area contributed by atoms with Crippen LogP contribution in [-0.4, -0.2) is 99.1 Å². The molecule has 4 heterocycles. The molecule has 0 unspecified atom stereocenters. The Hall–Kier alpha value is -4.46. The number of rotatable bonds is 9. The van der Waals surface area contributed by atoms with Crippen LogP contribution in [0.3, 0.4) is 0 Å². The van der Waals surface area contributed by atoms with E-state index in [1.165, 1.54) is 25.2 Å². The lowest BCUT2D eigenvalue weighted by atomic mass is 9.85. The van der Waals surface area contributed by atoms with E-state index in [2.05, 4.69) is 9.97 Å². The van der Waals surface area contributed by atoms with Crippen LogP contribution >= 0.6 is 0 Å². The van der Waals surface area contributed by atoms with E-state index in [0.717, 1.165) is 12.1 Å². The number of piperidine rings is 1. The van der Waals surface area contributed by atoms with Crippen LogP contribution in [0, 0.1) is 12.8 Å². The number of amides is 1. The van der Waals surface area contributed by atoms with Crippen molar-refractivity contribution in [1.82, 2.24) is 14.9 Å². The SMILES string of the molecule is COC[C@@H]1C[C@@H](c2ccc(C(F)(F)F)cc2N2CCC(C(=O)OC)CC2)CN1C(=O)[C@]1(F)CN(c2ccnc(C)n2)C[C@H]1c1ccc(OC)cc1. The van der Waals surface area contributed by atoms with Gasteiger partial charge in [0.25, 0.3) is 5.91 Å². The van der Waals surface area contributed by atoms with E-state index in [-0.39, 0.29) is 38.1 Å². The molecule has 3 aliphatic heterocycles. The fraction of sp³-hybridized carbons (Fsp3) is 0.514. The maximum absolute atomic E-state index is 17.8. The van der Waals surface area contributed by atoms with Gasteiger partial charge in [-0.1, -0.05) is 18.2 Å². The smallest absolute Gasteiger partial charge is 0.416 e. The van der Waals surface area contributed by atoms with E-state index in [9.17, 15) is 22.8 Å². The molecule has 0 radical (unpaired) electrons. The number of likely N-dealkylation sites (tertiary alicyclic amines) is 1. The number of carbonyl (C=O) groups is 2. The highest BCUT2D eigenvalue weighted by Crippen LogP contribution is 2.46. The second-order valence-electron chi connectivity index (χ2n) is 13.6. The third-order valence-electron chi connectivity index (χ3n) is 10.5. The number of aromatic nitrogens is 2. The average Bonchev–Trinajstić information content (AvgIpc) is 3.72. The van der Waals surface area contributed by atoms with Gasteiger partial charge < -0.3 is 28.9 Å². The number of hydrogen-bond donors (Lipinski definition) is 0. The standard InChI is InChI=1S/C37H43F4N5O5/c1-23-42-14-11-33(43-23)45-20-31(24-5-8-29(50-3)9-6-24)36(38,22-45)35(48)46-19-26(17-28(46)21-49-2)30-10-7-27(37(39,40)41)18-32(30)44-15-12-25(13-16-44)34(47)51-4/h5-11,14,18,25-26,28,31H,12-13,15-17,19-22H2,1-4H3/t26-,28+,31+,36+/m1/s1. The zero-order valence-corrected chi connectivity index (χ0v) is 29.2. The molecule has 0 aliphatic carbocycles. The fourth-order valence-electron chi connectivity index (χ4n) is 7.88. The van der Waals surface area contributed by atoms with Gasteiger partial charge in [-0.3, -0.25) is 9.59 Å². The van der Waals surface area contributed by atoms with Crippen molar-refractivity contribution in [1.29, 1.82) is 0 Å². The average molecular weight is 714 g/mol. The number of alkyl halides is 4. The van der Waals surface area contributed by atoms with Gasteiger partial charge in [-0.15, -0.1) is 0 Å². The summed E-state index contributed by atoms with van der Waals surface area (Å²) in [4.78, 5) is 40.7. The molecule has 3 saturated heterocycles. The molecule has 4 atom stereocenters. The lowest BCUT2D eigenvalue weighted by molar-refractivity contribution is -0.146. The summed E-state index contributed by atoms with van der Waals surface area (Å²) in [6.45, 7) is 2.62. The zero-order chi connectivity index (χ0) is 36.5. The molecule has 2 aromatic carbocycles. The number of nitrogens with zero attached hydrogens (tertiary/aromatic N) is 5. The molecular formula is C37H43F4N5O5. The van der Waals surface area contributed by atoms with Gasteiger partial charge in [0.2, 0.25) is 5.67 Å². The Bertz CT molecular complexity index is 1720. The Balaban J connectivity index is 1.33. The molecule has 14 heteroatoms. The summed E-state index contributed by atoms with van der Waals surface area (Å²) in [5.41, 5.74) is -1.49. The van der Waals surface area contributed by atoms with E-state index in [4.69, 9.17) is 14.2 Å². The van der Waals surface area contributed by atoms with E-state index in [1.807, 2.05) is 4.90 Å². The molecule has 10 nitrogen and oxygen atoms in total. The second kappa shape index (κ2) is 14.6. The fourth-order valence-corrected chi connectivity index (χ4v) is 7.88. The normalized spacial score (nSPS) is 24.2. The Labute approximate surface area is 294 Å². The molecule has 0 bridgehead atoms. The molecule has 3 aromatic rings. The molecule has 3 aliphatic rings. The topological polar surface area (TPSA) is 97.3 Å². The van der Waals surface area contributed by atoms with E-state index < -0.39 is 41.2 Å². The molecule has 6 rings (SSSR count). The third-order valence-corrected chi connectivity index (χ3v) is 10.5. The highest BCUT2D eigenvalue weighted by molar-refractivity contribution is 5.89. The van der Waals surface area contributed by atoms with Crippen molar-refractivity contribution in [2.45, 2.75) is 55.9 Å². The van der Waals surface area contributed by atoms with Crippen LogP contribution in [0.15, 0.2) is 54.7 Å². The van der Waals surface area contributed by atoms with E-state index in [0.29, 0.717) is 66.6 Å². The maximum atomic E-state index is 17.8. The van der Waals surface area contributed by atoms with Crippen LogP contribution in [0.25, 0.3) is 0 Å². The monoisotopic (exact) mass is 713 g/mol. The molecule has 3 fully saturated rings. The minimum Gasteiger partial charge on any atom is -0.497 e.